The Kier molecular flexibility index (Phi) is 41.8. The van der Waals surface area contributed by atoms with Crippen molar-refractivity contribution in [1.29, 1.82) is 0 Å². The molecule has 0 heterocycles. The van der Waals surface area contributed by atoms with Crippen molar-refractivity contribution in [2.24, 2.45) is 11.8 Å². The second-order valence-electron chi connectivity index (χ2n) is 17.8. The van der Waals surface area contributed by atoms with Gasteiger partial charge in [-0.25, -0.2) is 0 Å². The molecule has 0 aromatic rings. The lowest BCUT2D eigenvalue weighted by molar-refractivity contribution is -0.167. The summed E-state index contributed by atoms with van der Waals surface area (Å²) in [7, 11) is 0. The Morgan fingerprint density at radius 1 is 0.375 bits per heavy atom. The van der Waals surface area contributed by atoms with Gasteiger partial charge in [-0.3, -0.25) is 14.4 Å². The van der Waals surface area contributed by atoms with E-state index in [9.17, 15) is 14.4 Å². The molecule has 0 saturated heterocycles. The van der Waals surface area contributed by atoms with Gasteiger partial charge >= 0.3 is 17.9 Å². The third-order valence-corrected chi connectivity index (χ3v) is 11.6. The van der Waals surface area contributed by atoms with Gasteiger partial charge in [0.25, 0.3) is 0 Å². The molecule has 0 aliphatic heterocycles. The van der Waals surface area contributed by atoms with E-state index in [4.69, 9.17) is 14.2 Å². The summed E-state index contributed by atoms with van der Waals surface area (Å²) in [6.45, 7) is 11.3. The van der Waals surface area contributed by atoms with Gasteiger partial charge in [0.15, 0.2) is 6.10 Å². The van der Waals surface area contributed by atoms with Crippen LogP contribution in [0, 0.1) is 11.8 Å². The Balaban J connectivity index is 4.33. The van der Waals surface area contributed by atoms with Gasteiger partial charge in [-0.15, -0.1) is 0 Å². The van der Waals surface area contributed by atoms with Crippen molar-refractivity contribution in [2.45, 2.75) is 278 Å². The molecule has 0 aliphatic rings. The number of hydrogen-bond donors (Lipinski definition) is 0. The molecule has 0 spiro atoms. The Bertz CT molecular complexity index is 856. The summed E-state index contributed by atoms with van der Waals surface area (Å²) in [5.74, 6) is 0.800. The lowest BCUT2D eigenvalue weighted by Gasteiger charge is -2.18. The van der Waals surface area contributed by atoms with E-state index >= 15 is 0 Å². The predicted molar refractivity (Wildman–Crippen MR) is 238 cm³/mol. The minimum atomic E-state index is -0.761. The second-order valence-corrected chi connectivity index (χ2v) is 17.8. The molecule has 332 valence electrons. The van der Waals surface area contributed by atoms with Crippen LogP contribution in [-0.2, 0) is 28.6 Å². The van der Waals surface area contributed by atoms with Crippen molar-refractivity contribution in [3.63, 3.8) is 0 Å². The summed E-state index contributed by atoms with van der Waals surface area (Å²) in [5.41, 5.74) is 0. The maximum atomic E-state index is 12.7. The molecule has 0 amide bonds. The van der Waals surface area contributed by atoms with E-state index in [2.05, 4.69) is 34.6 Å². The average Bonchev–Trinajstić information content (AvgIpc) is 3.18. The summed E-state index contributed by atoms with van der Waals surface area (Å²) in [5, 5.41) is 0. The van der Waals surface area contributed by atoms with Crippen LogP contribution >= 0.6 is 0 Å². The molecule has 0 N–H and O–H groups in total. The maximum absolute atomic E-state index is 12.7. The molecule has 6 nitrogen and oxygen atoms in total. The number of unbranched alkanes of at least 4 members (excludes halogenated alkanes) is 28. The zero-order valence-electron chi connectivity index (χ0n) is 38.3. The first kappa shape index (κ1) is 54.4. The monoisotopic (exact) mass is 793 g/mol. The number of rotatable bonds is 44. The molecule has 56 heavy (non-hydrogen) atoms. The van der Waals surface area contributed by atoms with Crippen LogP contribution < -0.4 is 0 Å². The summed E-state index contributed by atoms with van der Waals surface area (Å²) in [6, 6.07) is 0. The molecule has 2 atom stereocenters. The van der Waals surface area contributed by atoms with E-state index in [-0.39, 0.29) is 31.1 Å². The summed E-state index contributed by atoms with van der Waals surface area (Å²) >= 11 is 0. The lowest BCUT2D eigenvalue weighted by atomic mass is 9.99. The molecule has 0 rings (SSSR count). The first-order chi connectivity index (χ1) is 27.3. The fourth-order valence-corrected chi connectivity index (χ4v) is 7.43. The topological polar surface area (TPSA) is 78.9 Å². The third kappa shape index (κ3) is 42.0. The number of esters is 3. The smallest absolute Gasteiger partial charge is 0.306 e. The fraction of sp³-hybridized carbons (Fsp3) is 0.940. The number of hydrogen-bond acceptors (Lipinski definition) is 6. The van der Waals surface area contributed by atoms with Crippen LogP contribution in [0.25, 0.3) is 0 Å². The molecule has 0 fully saturated rings. The van der Waals surface area contributed by atoms with Crippen molar-refractivity contribution in [3.8, 4) is 0 Å². The maximum Gasteiger partial charge on any atom is 0.306 e. The molecule has 0 aliphatic carbocycles. The Labute approximate surface area is 348 Å². The quantitative estimate of drug-likeness (QED) is 0.0347. The Morgan fingerprint density at radius 3 is 1.02 bits per heavy atom. The minimum absolute atomic E-state index is 0.0645. The number of carbonyl (C=O) groups is 3. The van der Waals surface area contributed by atoms with Gasteiger partial charge in [-0.1, -0.05) is 234 Å². The number of ether oxygens (including phenoxy) is 3. The molecular weight excluding hydrogens is 697 g/mol. The van der Waals surface area contributed by atoms with Crippen LogP contribution in [-0.4, -0.2) is 37.2 Å². The zero-order chi connectivity index (χ0) is 41.2. The van der Waals surface area contributed by atoms with Gasteiger partial charge in [0.1, 0.15) is 13.2 Å². The van der Waals surface area contributed by atoms with E-state index in [0.717, 1.165) is 69.6 Å². The molecule has 0 radical (unpaired) electrons. The zero-order valence-corrected chi connectivity index (χ0v) is 38.3. The van der Waals surface area contributed by atoms with Crippen LogP contribution in [0.1, 0.15) is 272 Å². The van der Waals surface area contributed by atoms with Crippen LogP contribution in [0.5, 0.6) is 0 Å². The van der Waals surface area contributed by atoms with E-state index in [1.54, 1.807) is 0 Å². The Hall–Kier alpha value is -1.59. The van der Waals surface area contributed by atoms with Crippen molar-refractivity contribution < 1.29 is 28.6 Å². The highest BCUT2D eigenvalue weighted by molar-refractivity contribution is 5.71. The van der Waals surface area contributed by atoms with E-state index in [1.807, 2.05) is 0 Å². The van der Waals surface area contributed by atoms with Crippen LogP contribution in [0.3, 0.4) is 0 Å². The molecular formula is C50H96O6. The third-order valence-electron chi connectivity index (χ3n) is 11.6. The minimum Gasteiger partial charge on any atom is -0.462 e. The highest BCUT2D eigenvalue weighted by Crippen LogP contribution is 2.17. The van der Waals surface area contributed by atoms with E-state index < -0.39 is 6.10 Å². The fourth-order valence-electron chi connectivity index (χ4n) is 7.43. The SMILES string of the molecule is CCCCCCCCCCCCCCCCC(=O)OC[C@@H](COC(=O)CCCCCCCCCCC(C)CC)OC(=O)CCCCCCCCCCCC(C)C. The van der Waals surface area contributed by atoms with Crippen molar-refractivity contribution in [3.05, 3.63) is 0 Å². The Morgan fingerprint density at radius 2 is 0.679 bits per heavy atom. The number of carbonyl (C=O) groups excluding carboxylic acids is 3. The van der Waals surface area contributed by atoms with Gasteiger partial charge in [-0.05, 0) is 31.1 Å². The van der Waals surface area contributed by atoms with Crippen molar-refractivity contribution in [1.82, 2.24) is 0 Å². The highest BCUT2D eigenvalue weighted by Gasteiger charge is 2.19. The van der Waals surface area contributed by atoms with E-state index in [0.29, 0.717) is 19.3 Å². The molecule has 6 heteroatoms. The molecule has 0 aromatic carbocycles. The largest absolute Gasteiger partial charge is 0.462 e. The van der Waals surface area contributed by atoms with Gasteiger partial charge in [-0.2, -0.15) is 0 Å². The van der Waals surface area contributed by atoms with Crippen LogP contribution in [0.4, 0.5) is 0 Å². The lowest BCUT2D eigenvalue weighted by Crippen LogP contribution is -2.30. The van der Waals surface area contributed by atoms with Gasteiger partial charge in [0.05, 0.1) is 0 Å². The predicted octanol–water partition coefficient (Wildman–Crippen LogP) is 15.8. The van der Waals surface area contributed by atoms with Crippen LogP contribution in [0.15, 0.2) is 0 Å². The molecule has 0 aromatic heterocycles. The normalized spacial score (nSPS) is 12.5. The highest BCUT2D eigenvalue weighted by atomic mass is 16.6. The van der Waals surface area contributed by atoms with Gasteiger partial charge < -0.3 is 14.2 Å². The summed E-state index contributed by atoms with van der Waals surface area (Å²) in [6.07, 6.45) is 42.2. The van der Waals surface area contributed by atoms with Crippen molar-refractivity contribution in [2.75, 3.05) is 13.2 Å². The van der Waals surface area contributed by atoms with Crippen molar-refractivity contribution >= 4 is 17.9 Å². The first-order valence-electron chi connectivity index (χ1n) is 24.8. The van der Waals surface area contributed by atoms with Crippen LogP contribution in [0.2, 0.25) is 0 Å². The molecule has 0 saturated carbocycles. The van der Waals surface area contributed by atoms with Gasteiger partial charge in [0, 0.05) is 19.3 Å². The summed E-state index contributed by atoms with van der Waals surface area (Å²) in [4.78, 5) is 37.8. The average molecular weight is 793 g/mol. The van der Waals surface area contributed by atoms with E-state index in [1.165, 1.54) is 161 Å². The van der Waals surface area contributed by atoms with Gasteiger partial charge in [0.2, 0.25) is 0 Å². The summed E-state index contributed by atoms with van der Waals surface area (Å²) < 4.78 is 16.8. The first-order valence-corrected chi connectivity index (χ1v) is 24.8. The standard InChI is InChI=1S/C50H96O6/c1-6-8-9-10-11-12-13-14-15-16-19-25-30-35-40-48(51)54-43-47(56-50(53)42-37-32-27-20-17-18-23-28-33-38-45(3)4)44-55-49(52)41-36-31-26-22-21-24-29-34-39-46(5)7-2/h45-47H,6-44H2,1-5H3/t46?,47-/m0/s1. The molecule has 0 bridgehead atoms. The molecule has 1 unspecified atom stereocenters. The second kappa shape index (κ2) is 43.0.